The summed E-state index contributed by atoms with van der Waals surface area (Å²) in [6.07, 6.45) is -0.709. The minimum absolute atomic E-state index is 0.218. The molecule has 2 N–H and O–H groups in total. The number of anilines is 1. The van der Waals surface area contributed by atoms with E-state index in [0.29, 0.717) is 11.4 Å². The number of nitrogens with two attached hydrogens (primary N) is 1. The summed E-state index contributed by atoms with van der Waals surface area (Å²) in [5, 5.41) is 0. The van der Waals surface area contributed by atoms with Crippen molar-refractivity contribution in [2.75, 3.05) is 5.73 Å². The van der Waals surface area contributed by atoms with Gasteiger partial charge in [-0.2, -0.15) is 13.2 Å². The Morgan fingerprint density at radius 1 is 1.35 bits per heavy atom. The van der Waals surface area contributed by atoms with Crippen LogP contribution >= 0.6 is 0 Å². The van der Waals surface area contributed by atoms with Gasteiger partial charge >= 0.3 is 6.18 Å². The molecule has 0 aliphatic rings. The van der Waals surface area contributed by atoms with Crippen molar-refractivity contribution in [1.29, 1.82) is 0 Å². The second kappa shape index (κ2) is 3.76. The van der Waals surface area contributed by atoms with Gasteiger partial charge in [0.05, 0.1) is 17.6 Å². The molecular weight excluding hydrogens is 233 g/mol. The SMILES string of the molecule is Cc1nc(C(F)(F)F)cn1-c1ccncc1N. The minimum Gasteiger partial charge on any atom is -0.396 e. The third kappa shape index (κ3) is 2.08. The Bertz CT molecular complexity index is 545. The van der Waals surface area contributed by atoms with E-state index in [1.54, 1.807) is 0 Å². The van der Waals surface area contributed by atoms with E-state index in [1.165, 1.54) is 30.0 Å². The summed E-state index contributed by atoms with van der Waals surface area (Å²) in [5.74, 6) is 0.218. The van der Waals surface area contributed by atoms with Crippen molar-refractivity contribution in [3.63, 3.8) is 0 Å². The van der Waals surface area contributed by atoms with Gasteiger partial charge in [-0.3, -0.25) is 4.98 Å². The Morgan fingerprint density at radius 3 is 2.59 bits per heavy atom. The van der Waals surface area contributed by atoms with Crippen molar-refractivity contribution in [1.82, 2.24) is 14.5 Å². The highest BCUT2D eigenvalue weighted by atomic mass is 19.4. The molecular formula is C10H9F3N4. The second-order valence-electron chi connectivity index (χ2n) is 3.48. The van der Waals surface area contributed by atoms with Gasteiger partial charge in [-0.1, -0.05) is 0 Å². The molecule has 0 aliphatic heterocycles. The molecule has 0 atom stereocenters. The van der Waals surface area contributed by atoms with Gasteiger partial charge in [0, 0.05) is 12.4 Å². The molecule has 2 aromatic heterocycles. The smallest absolute Gasteiger partial charge is 0.396 e. The molecule has 0 bridgehead atoms. The lowest BCUT2D eigenvalue weighted by Crippen LogP contribution is -2.05. The fourth-order valence-corrected chi connectivity index (χ4v) is 1.47. The quantitative estimate of drug-likeness (QED) is 0.833. The van der Waals surface area contributed by atoms with Crippen molar-refractivity contribution < 1.29 is 13.2 Å². The Kier molecular flexibility index (Phi) is 2.53. The molecule has 0 amide bonds. The predicted octanol–water partition coefficient (Wildman–Crippen LogP) is 2.18. The number of hydrogen-bond acceptors (Lipinski definition) is 3. The topological polar surface area (TPSA) is 56.7 Å². The minimum atomic E-state index is -4.46. The number of aromatic nitrogens is 3. The zero-order valence-corrected chi connectivity index (χ0v) is 8.86. The lowest BCUT2D eigenvalue weighted by molar-refractivity contribution is -0.141. The van der Waals surface area contributed by atoms with Crippen molar-refractivity contribution in [2.45, 2.75) is 13.1 Å². The third-order valence-electron chi connectivity index (χ3n) is 2.26. The van der Waals surface area contributed by atoms with Crippen LogP contribution in [0.2, 0.25) is 0 Å². The largest absolute Gasteiger partial charge is 0.434 e. The van der Waals surface area contributed by atoms with Crippen LogP contribution in [0.4, 0.5) is 18.9 Å². The van der Waals surface area contributed by atoms with Crippen LogP contribution in [-0.2, 0) is 6.18 Å². The molecule has 17 heavy (non-hydrogen) atoms. The Hall–Kier alpha value is -2.05. The number of halogens is 3. The molecule has 7 heteroatoms. The summed E-state index contributed by atoms with van der Waals surface area (Å²) in [7, 11) is 0. The fourth-order valence-electron chi connectivity index (χ4n) is 1.47. The molecule has 0 radical (unpaired) electrons. The lowest BCUT2D eigenvalue weighted by Gasteiger charge is -2.06. The van der Waals surface area contributed by atoms with E-state index in [-0.39, 0.29) is 5.82 Å². The second-order valence-corrected chi connectivity index (χ2v) is 3.48. The number of nitrogen functional groups attached to an aromatic ring is 1. The maximum absolute atomic E-state index is 12.5. The number of rotatable bonds is 1. The highest BCUT2D eigenvalue weighted by Gasteiger charge is 2.34. The molecule has 0 unspecified atom stereocenters. The highest BCUT2D eigenvalue weighted by molar-refractivity contribution is 5.56. The van der Waals surface area contributed by atoms with E-state index in [9.17, 15) is 13.2 Å². The van der Waals surface area contributed by atoms with Gasteiger partial charge < -0.3 is 10.3 Å². The monoisotopic (exact) mass is 242 g/mol. The molecule has 4 nitrogen and oxygen atoms in total. The van der Waals surface area contributed by atoms with E-state index in [0.717, 1.165) is 6.20 Å². The number of pyridine rings is 1. The number of aryl methyl sites for hydroxylation is 1. The van der Waals surface area contributed by atoms with Crippen LogP contribution in [0.15, 0.2) is 24.7 Å². The van der Waals surface area contributed by atoms with Gasteiger partial charge in [0.15, 0.2) is 5.69 Å². The summed E-state index contributed by atoms with van der Waals surface area (Å²) in [5.41, 5.74) is 5.43. The molecule has 2 rings (SSSR count). The molecule has 0 aliphatic carbocycles. The molecule has 0 aromatic carbocycles. The van der Waals surface area contributed by atoms with E-state index in [1.807, 2.05) is 0 Å². The summed E-state index contributed by atoms with van der Waals surface area (Å²) in [6, 6.07) is 1.53. The number of alkyl halides is 3. The first kappa shape index (κ1) is 11.4. The summed E-state index contributed by atoms with van der Waals surface area (Å²) >= 11 is 0. The number of imidazole rings is 1. The highest BCUT2D eigenvalue weighted by Crippen LogP contribution is 2.29. The van der Waals surface area contributed by atoms with Crippen molar-refractivity contribution in [2.24, 2.45) is 0 Å². The number of nitrogens with zero attached hydrogens (tertiary/aromatic N) is 3. The Balaban J connectivity index is 2.55. The fraction of sp³-hybridized carbons (Fsp3) is 0.200. The predicted molar refractivity (Wildman–Crippen MR) is 55.5 cm³/mol. The maximum Gasteiger partial charge on any atom is 0.434 e. The van der Waals surface area contributed by atoms with Crippen LogP contribution in [0.1, 0.15) is 11.5 Å². The first-order valence-corrected chi connectivity index (χ1v) is 4.72. The summed E-state index contributed by atoms with van der Waals surface area (Å²) in [4.78, 5) is 7.24. The van der Waals surface area contributed by atoms with Crippen LogP contribution in [0, 0.1) is 6.92 Å². The molecule has 0 saturated carbocycles. The van der Waals surface area contributed by atoms with Gasteiger partial charge in [-0.25, -0.2) is 4.98 Å². The van der Waals surface area contributed by atoms with E-state index < -0.39 is 11.9 Å². The standard InChI is InChI=1S/C10H9F3N4/c1-6-16-9(10(11,12)13)5-17(6)8-2-3-15-4-7(8)14/h2-5H,14H2,1H3. The molecule has 2 aromatic rings. The van der Waals surface area contributed by atoms with Gasteiger partial charge in [-0.15, -0.1) is 0 Å². The number of hydrogen-bond donors (Lipinski definition) is 1. The van der Waals surface area contributed by atoms with Gasteiger partial charge in [0.2, 0.25) is 0 Å². The van der Waals surface area contributed by atoms with E-state index in [4.69, 9.17) is 5.73 Å². The van der Waals surface area contributed by atoms with Crippen LogP contribution in [0.5, 0.6) is 0 Å². The normalized spacial score (nSPS) is 11.8. The molecule has 0 saturated heterocycles. The van der Waals surface area contributed by atoms with Gasteiger partial charge in [0.25, 0.3) is 0 Å². The molecule has 0 spiro atoms. The maximum atomic E-state index is 12.5. The van der Waals surface area contributed by atoms with Crippen LogP contribution in [-0.4, -0.2) is 14.5 Å². The van der Waals surface area contributed by atoms with Crippen LogP contribution in [0.25, 0.3) is 5.69 Å². The van der Waals surface area contributed by atoms with Crippen LogP contribution in [0.3, 0.4) is 0 Å². The summed E-state index contributed by atoms with van der Waals surface area (Å²) < 4.78 is 38.7. The average molecular weight is 242 g/mol. The zero-order chi connectivity index (χ0) is 12.6. The Labute approximate surface area is 94.9 Å². The molecule has 0 fully saturated rings. The average Bonchev–Trinajstić information content (AvgIpc) is 2.61. The van der Waals surface area contributed by atoms with E-state index in [2.05, 4.69) is 9.97 Å². The first-order chi connectivity index (χ1) is 7.89. The van der Waals surface area contributed by atoms with Crippen molar-refractivity contribution >= 4 is 5.69 Å². The van der Waals surface area contributed by atoms with E-state index >= 15 is 0 Å². The Morgan fingerprint density at radius 2 is 2.06 bits per heavy atom. The molecule has 2 heterocycles. The first-order valence-electron chi connectivity index (χ1n) is 4.72. The lowest BCUT2D eigenvalue weighted by atomic mass is 10.3. The zero-order valence-electron chi connectivity index (χ0n) is 8.86. The van der Waals surface area contributed by atoms with Gasteiger partial charge in [-0.05, 0) is 13.0 Å². The van der Waals surface area contributed by atoms with Crippen molar-refractivity contribution in [3.8, 4) is 5.69 Å². The van der Waals surface area contributed by atoms with Gasteiger partial charge in [0.1, 0.15) is 5.82 Å². The van der Waals surface area contributed by atoms with Crippen LogP contribution < -0.4 is 5.73 Å². The summed E-state index contributed by atoms with van der Waals surface area (Å²) in [6.45, 7) is 1.48. The van der Waals surface area contributed by atoms with Crippen molar-refractivity contribution in [3.05, 3.63) is 36.2 Å². The third-order valence-corrected chi connectivity index (χ3v) is 2.26. The molecule has 90 valence electrons.